The van der Waals surface area contributed by atoms with Crippen LogP contribution in [-0.2, 0) is 9.22 Å². The first-order valence-electron chi connectivity index (χ1n) is 6.80. The van der Waals surface area contributed by atoms with Crippen molar-refractivity contribution in [2.24, 2.45) is 11.8 Å². The number of Topliss-reactive ketones (excluding diaryl/α,β-unsaturated/α-hetero) is 1. The van der Waals surface area contributed by atoms with Crippen LogP contribution < -0.4 is 0 Å². The van der Waals surface area contributed by atoms with Gasteiger partial charge in [-0.15, -0.1) is 0 Å². The van der Waals surface area contributed by atoms with Crippen LogP contribution in [0.4, 0.5) is 0 Å². The molecular formula is C14H28O2Si. The van der Waals surface area contributed by atoms with Crippen LogP contribution in [0, 0.1) is 11.8 Å². The fourth-order valence-electron chi connectivity index (χ4n) is 1.96. The molecule has 1 rings (SSSR count). The summed E-state index contributed by atoms with van der Waals surface area (Å²) in [4.78, 5) is 11.9. The molecule has 0 radical (unpaired) electrons. The second-order valence-corrected chi connectivity index (χ2v) is 11.9. The lowest BCUT2D eigenvalue weighted by atomic mass is 9.82. The highest BCUT2D eigenvalue weighted by Gasteiger charge is 2.38. The number of carbonyl (C=O) groups is 1. The van der Waals surface area contributed by atoms with E-state index < -0.39 is 8.32 Å². The highest BCUT2D eigenvalue weighted by atomic mass is 28.4. The summed E-state index contributed by atoms with van der Waals surface area (Å²) < 4.78 is 6.16. The molecule has 1 saturated carbocycles. The molecule has 3 heteroatoms. The predicted molar refractivity (Wildman–Crippen MR) is 74.7 cm³/mol. The smallest absolute Gasteiger partial charge is 0.192 e. The van der Waals surface area contributed by atoms with Crippen LogP contribution in [0.2, 0.25) is 18.1 Å². The Kier molecular flexibility index (Phi) is 4.58. The van der Waals surface area contributed by atoms with E-state index in [0.717, 1.165) is 12.8 Å². The van der Waals surface area contributed by atoms with E-state index in [1.807, 2.05) is 0 Å². The van der Waals surface area contributed by atoms with Crippen molar-refractivity contribution < 1.29 is 9.22 Å². The van der Waals surface area contributed by atoms with E-state index in [9.17, 15) is 4.79 Å². The Balaban J connectivity index is 2.49. The maximum atomic E-state index is 11.9. The van der Waals surface area contributed by atoms with Crippen LogP contribution >= 0.6 is 0 Å². The van der Waals surface area contributed by atoms with Crippen molar-refractivity contribution in [3.8, 4) is 0 Å². The first-order valence-corrected chi connectivity index (χ1v) is 9.71. The van der Waals surface area contributed by atoms with Gasteiger partial charge in [0.1, 0.15) is 5.78 Å². The molecule has 0 aromatic carbocycles. The van der Waals surface area contributed by atoms with Gasteiger partial charge in [0.05, 0.1) is 0 Å². The lowest BCUT2D eigenvalue weighted by Crippen LogP contribution is -2.43. The van der Waals surface area contributed by atoms with Gasteiger partial charge in [-0.3, -0.25) is 4.79 Å². The Morgan fingerprint density at radius 2 is 1.88 bits per heavy atom. The maximum absolute atomic E-state index is 11.9. The molecular weight excluding hydrogens is 228 g/mol. The van der Waals surface area contributed by atoms with Gasteiger partial charge in [0.2, 0.25) is 0 Å². The molecule has 2 nitrogen and oxygen atoms in total. The third-order valence-electron chi connectivity index (χ3n) is 4.46. The lowest BCUT2D eigenvalue weighted by Gasteiger charge is -2.37. The summed E-state index contributed by atoms with van der Waals surface area (Å²) in [7, 11) is -1.69. The SMILES string of the molecule is C[C@@H]1CC[C@@H](CO[Si](C)(C)C(C)(C)C)C(=O)C1. The third-order valence-corrected chi connectivity index (χ3v) is 8.97. The summed E-state index contributed by atoms with van der Waals surface area (Å²) >= 11 is 0. The van der Waals surface area contributed by atoms with E-state index >= 15 is 0 Å². The molecule has 0 amide bonds. The quantitative estimate of drug-likeness (QED) is 0.713. The van der Waals surface area contributed by atoms with Crippen molar-refractivity contribution in [1.82, 2.24) is 0 Å². The van der Waals surface area contributed by atoms with Gasteiger partial charge >= 0.3 is 0 Å². The van der Waals surface area contributed by atoms with E-state index in [-0.39, 0.29) is 11.0 Å². The molecule has 1 aliphatic rings. The monoisotopic (exact) mass is 256 g/mol. The average molecular weight is 256 g/mol. The predicted octanol–water partition coefficient (Wildman–Crippen LogP) is 4.01. The Hall–Kier alpha value is -0.153. The van der Waals surface area contributed by atoms with Gasteiger partial charge in [0.15, 0.2) is 8.32 Å². The summed E-state index contributed by atoms with van der Waals surface area (Å²) in [6, 6.07) is 0. The molecule has 0 spiro atoms. The zero-order chi connectivity index (χ0) is 13.3. The van der Waals surface area contributed by atoms with Crippen LogP contribution in [-0.4, -0.2) is 20.7 Å². The molecule has 1 fully saturated rings. The molecule has 0 bridgehead atoms. The molecule has 2 atom stereocenters. The van der Waals surface area contributed by atoms with E-state index in [4.69, 9.17) is 4.43 Å². The van der Waals surface area contributed by atoms with E-state index in [1.54, 1.807) is 0 Å². The van der Waals surface area contributed by atoms with Crippen molar-refractivity contribution in [2.45, 2.75) is 65.1 Å². The normalized spacial score (nSPS) is 27.3. The van der Waals surface area contributed by atoms with Gasteiger partial charge in [-0.1, -0.05) is 27.7 Å². The summed E-state index contributed by atoms with van der Waals surface area (Å²) in [6.45, 7) is 14.1. The van der Waals surface area contributed by atoms with Crippen LogP contribution in [0.15, 0.2) is 0 Å². The van der Waals surface area contributed by atoms with Crippen LogP contribution in [0.5, 0.6) is 0 Å². The fourth-order valence-corrected chi connectivity index (χ4v) is 3.01. The Morgan fingerprint density at radius 1 is 1.29 bits per heavy atom. The van der Waals surface area contributed by atoms with Gasteiger partial charge in [-0.05, 0) is 36.9 Å². The fraction of sp³-hybridized carbons (Fsp3) is 0.929. The second kappa shape index (κ2) is 5.23. The summed E-state index contributed by atoms with van der Waals surface area (Å²) in [5.41, 5.74) is 0. The Morgan fingerprint density at radius 3 is 2.35 bits per heavy atom. The van der Waals surface area contributed by atoms with Crippen molar-refractivity contribution in [3.63, 3.8) is 0 Å². The molecule has 0 aliphatic heterocycles. The number of carbonyl (C=O) groups excluding carboxylic acids is 1. The highest BCUT2D eigenvalue weighted by molar-refractivity contribution is 6.74. The van der Waals surface area contributed by atoms with Crippen molar-refractivity contribution >= 4 is 14.1 Å². The van der Waals surface area contributed by atoms with Gasteiger partial charge < -0.3 is 4.43 Å². The largest absolute Gasteiger partial charge is 0.416 e. The summed E-state index contributed by atoms with van der Waals surface area (Å²) in [5, 5.41) is 0.234. The third kappa shape index (κ3) is 3.92. The minimum absolute atomic E-state index is 0.167. The van der Waals surface area contributed by atoms with Crippen LogP contribution in [0.3, 0.4) is 0 Å². The summed E-state index contributed by atoms with van der Waals surface area (Å²) in [5.74, 6) is 1.16. The topological polar surface area (TPSA) is 26.3 Å². The van der Waals surface area contributed by atoms with Crippen molar-refractivity contribution in [2.75, 3.05) is 6.61 Å². The lowest BCUT2D eigenvalue weighted by molar-refractivity contribution is -0.126. The molecule has 100 valence electrons. The molecule has 0 unspecified atom stereocenters. The van der Waals surface area contributed by atoms with Gasteiger partial charge in [-0.25, -0.2) is 0 Å². The average Bonchev–Trinajstić information content (AvgIpc) is 2.14. The minimum atomic E-state index is -1.69. The minimum Gasteiger partial charge on any atom is -0.416 e. The summed E-state index contributed by atoms with van der Waals surface area (Å²) in [6.07, 6.45) is 2.96. The first-order chi connectivity index (χ1) is 7.63. The molecule has 0 saturated heterocycles. The highest BCUT2D eigenvalue weighted by Crippen LogP contribution is 2.37. The Bertz CT molecular complexity index is 278. The van der Waals surface area contributed by atoms with Gasteiger partial charge in [0.25, 0.3) is 0 Å². The zero-order valence-electron chi connectivity index (χ0n) is 12.3. The molecule has 0 N–H and O–H groups in total. The van der Waals surface area contributed by atoms with E-state index in [1.165, 1.54) is 6.42 Å². The maximum Gasteiger partial charge on any atom is 0.192 e. The van der Waals surface area contributed by atoms with E-state index in [2.05, 4.69) is 40.8 Å². The van der Waals surface area contributed by atoms with Gasteiger partial charge in [-0.2, -0.15) is 0 Å². The zero-order valence-corrected chi connectivity index (χ0v) is 13.3. The van der Waals surface area contributed by atoms with Crippen molar-refractivity contribution in [1.29, 1.82) is 0 Å². The molecule has 0 aromatic heterocycles. The van der Waals surface area contributed by atoms with Crippen LogP contribution in [0.25, 0.3) is 0 Å². The number of rotatable bonds is 3. The molecule has 0 heterocycles. The van der Waals surface area contributed by atoms with Gasteiger partial charge in [0, 0.05) is 18.9 Å². The molecule has 1 aliphatic carbocycles. The number of hydrogen-bond acceptors (Lipinski definition) is 2. The number of ketones is 1. The molecule has 0 aromatic rings. The second-order valence-electron chi connectivity index (χ2n) is 7.12. The van der Waals surface area contributed by atoms with Crippen LogP contribution in [0.1, 0.15) is 47.0 Å². The first kappa shape index (κ1) is 14.9. The number of hydrogen-bond donors (Lipinski definition) is 0. The molecule has 17 heavy (non-hydrogen) atoms. The Labute approximate surface area is 107 Å². The van der Waals surface area contributed by atoms with Crippen molar-refractivity contribution in [3.05, 3.63) is 0 Å². The van der Waals surface area contributed by atoms with E-state index in [0.29, 0.717) is 18.3 Å². The standard InChI is InChI=1S/C14H28O2Si/c1-11-7-8-12(13(15)9-11)10-16-17(5,6)14(2,3)4/h11-12H,7-10H2,1-6H3/t11-,12+/m1/s1.